The number of carbonyl (C=O) groups excluding carboxylic acids is 1. The van der Waals surface area contributed by atoms with E-state index in [2.05, 4.69) is 15.3 Å². The lowest BCUT2D eigenvalue weighted by atomic mass is 10.1. The Morgan fingerprint density at radius 2 is 2.07 bits per heavy atom. The molecule has 2 aromatic rings. The van der Waals surface area contributed by atoms with Crippen LogP contribution in [0.3, 0.4) is 0 Å². The zero-order valence-electron chi connectivity index (χ0n) is 16.2. The molecule has 0 spiro atoms. The monoisotopic (exact) mass is 384 g/mol. The highest BCUT2D eigenvalue weighted by Crippen LogP contribution is 2.33. The maximum absolute atomic E-state index is 12.5. The van der Waals surface area contributed by atoms with E-state index in [0.717, 1.165) is 17.9 Å². The van der Waals surface area contributed by atoms with Crippen molar-refractivity contribution in [2.45, 2.75) is 45.5 Å². The van der Waals surface area contributed by atoms with Gasteiger partial charge in [-0.2, -0.15) is 0 Å². The average Bonchev–Trinajstić information content (AvgIpc) is 3.43. The molecule has 2 aliphatic rings. The van der Waals surface area contributed by atoms with E-state index >= 15 is 0 Å². The third-order valence-corrected chi connectivity index (χ3v) is 4.92. The fourth-order valence-corrected chi connectivity index (χ4v) is 3.02. The van der Waals surface area contributed by atoms with Crippen molar-refractivity contribution in [3.63, 3.8) is 0 Å². The lowest BCUT2D eigenvalue weighted by molar-refractivity contribution is -0.121. The Kier molecular flexibility index (Phi) is 4.68. The van der Waals surface area contributed by atoms with Crippen LogP contribution in [0.15, 0.2) is 30.6 Å². The van der Waals surface area contributed by atoms with Crippen molar-refractivity contribution in [3.8, 4) is 17.4 Å². The van der Waals surface area contributed by atoms with E-state index in [9.17, 15) is 9.90 Å². The van der Waals surface area contributed by atoms with Gasteiger partial charge >= 0.3 is 0 Å². The number of carbonyl (C=O) groups is 1. The fourth-order valence-electron chi connectivity index (χ4n) is 3.02. The van der Waals surface area contributed by atoms with Crippen LogP contribution in [0.25, 0.3) is 0 Å². The number of hydrogen-bond donors (Lipinski definition) is 2. The van der Waals surface area contributed by atoms with Crippen LogP contribution >= 0.6 is 0 Å². The van der Waals surface area contributed by atoms with E-state index in [4.69, 9.17) is 9.47 Å². The molecule has 0 bridgehead atoms. The number of nitrogens with one attached hydrogen (secondary N) is 1. The molecule has 0 radical (unpaired) electrons. The van der Waals surface area contributed by atoms with Crippen LogP contribution in [0.1, 0.15) is 32.3 Å². The van der Waals surface area contributed by atoms with Gasteiger partial charge in [-0.1, -0.05) is 6.07 Å². The molecule has 8 heteroatoms. The molecule has 1 saturated heterocycles. The number of hydrogen-bond acceptors (Lipinski definition) is 7. The number of ether oxygens (including phenoxy) is 2. The van der Waals surface area contributed by atoms with Gasteiger partial charge in [0, 0.05) is 12.1 Å². The van der Waals surface area contributed by atoms with Crippen LogP contribution in [-0.4, -0.2) is 39.5 Å². The van der Waals surface area contributed by atoms with E-state index in [1.54, 1.807) is 13.8 Å². The van der Waals surface area contributed by atoms with E-state index in [-0.39, 0.29) is 17.6 Å². The summed E-state index contributed by atoms with van der Waals surface area (Å²) >= 11 is 0. The Balaban J connectivity index is 1.52. The van der Waals surface area contributed by atoms with Gasteiger partial charge in [0.1, 0.15) is 23.6 Å². The first-order valence-electron chi connectivity index (χ1n) is 9.36. The molecule has 1 aliphatic heterocycles. The normalized spacial score (nSPS) is 21.1. The van der Waals surface area contributed by atoms with Crippen molar-refractivity contribution >= 4 is 11.7 Å². The molecule has 148 valence electrons. The topological polar surface area (TPSA) is 96.8 Å². The minimum atomic E-state index is -1.16. The SMILES string of the molecule is Cc1ccc(Oc2cc(N3C(=O)C(C)(C)N[C@@H]3O)ncn2)cc1OCC1CC1. The van der Waals surface area contributed by atoms with Gasteiger partial charge in [0.15, 0.2) is 6.35 Å². The van der Waals surface area contributed by atoms with Gasteiger partial charge in [0.05, 0.1) is 12.1 Å². The molecule has 1 saturated carbocycles. The summed E-state index contributed by atoms with van der Waals surface area (Å²) in [7, 11) is 0. The molecule has 2 heterocycles. The zero-order valence-corrected chi connectivity index (χ0v) is 16.2. The number of nitrogens with zero attached hydrogens (tertiary/aromatic N) is 3. The summed E-state index contributed by atoms with van der Waals surface area (Å²) in [6.07, 6.45) is 2.60. The van der Waals surface area contributed by atoms with E-state index in [1.807, 2.05) is 25.1 Å². The molecule has 28 heavy (non-hydrogen) atoms. The highest BCUT2D eigenvalue weighted by molar-refractivity contribution is 6.01. The predicted octanol–water partition coefficient (Wildman–Crippen LogP) is 2.36. The first-order chi connectivity index (χ1) is 13.3. The van der Waals surface area contributed by atoms with Gasteiger partial charge in [-0.3, -0.25) is 15.0 Å². The summed E-state index contributed by atoms with van der Waals surface area (Å²) in [5.41, 5.74) is 0.159. The average molecular weight is 384 g/mol. The summed E-state index contributed by atoms with van der Waals surface area (Å²) in [6.45, 7) is 6.11. The minimum absolute atomic E-state index is 0.262. The molecular formula is C20H24N4O4. The molecule has 2 N–H and O–H groups in total. The Bertz CT molecular complexity index is 898. The molecule has 1 amide bonds. The van der Waals surface area contributed by atoms with Crippen molar-refractivity contribution in [1.29, 1.82) is 0 Å². The first-order valence-corrected chi connectivity index (χ1v) is 9.36. The van der Waals surface area contributed by atoms with Gasteiger partial charge in [-0.05, 0) is 51.2 Å². The number of rotatable bonds is 6. The largest absolute Gasteiger partial charge is 0.493 e. The number of amides is 1. The summed E-state index contributed by atoms with van der Waals surface area (Å²) < 4.78 is 11.7. The van der Waals surface area contributed by atoms with Crippen LogP contribution in [0, 0.1) is 12.8 Å². The smallest absolute Gasteiger partial charge is 0.251 e. The minimum Gasteiger partial charge on any atom is -0.493 e. The van der Waals surface area contributed by atoms with Gasteiger partial charge in [0.25, 0.3) is 5.91 Å². The van der Waals surface area contributed by atoms with Crippen molar-refractivity contribution in [2.24, 2.45) is 5.92 Å². The highest BCUT2D eigenvalue weighted by atomic mass is 16.5. The number of anilines is 1. The molecule has 0 unspecified atom stereocenters. The fraction of sp³-hybridized carbons (Fsp3) is 0.450. The maximum atomic E-state index is 12.5. The molecule has 1 aromatic heterocycles. The summed E-state index contributed by atoms with van der Waals surface area (Å²) in [5.74, 6) is 2.28. The van der Waals surface area contributed by atoms with Gasteiger partial charge in [0.2, 0.25) is 5.88 Å². The second-order valence-corrected chi connectivity index (χ2v) is 7.82. The Morgan fingerprint density at radius 1 is 1.29 bits per heavy atom. The number of benzene rings is 1. The molecule has 8 nitrogen and oxygen atoms in total. The van der Waals surface area contributed by atoms with Gasteiger partial charge in [-0.25, -0.2) is 9.97 Å². The summed E-state index contributed by atoms with van der Waals surface area (Å²) in [6, 6.07) is 7.12. The lowest BCUT2D eigenvalue weighted by Gasteiger charge is -2.19. The van der Waals surface area contributed by atoms with E-state index < -0.39 is 11.9 Å². The summed E-state index contributed by atoms with van der Waals surface area (Å²) in [4.78, 5) is 21.9. The van der Waals surface area contributed by atoms with Crippen LogP contribution in [-0.2, 0) is 4.79 Å². The Hall–Kier alpha value is -2.71. The van der Waals surface area contributed by atoms with Crippen molar-refractivity contribution in [2.75, 3.05) is 11.5 Å². The third kappa shape index (κ3) is 3.79. The highest BCUT2D eigenvalue weighted by Gasteiger charge is 2.45. The van der Waals surface area contributed by atoms with Crippen LogP contribution in [0.5, 0.6) is 17.4 Å². The second kappa shape index (κ2) is 7.03. The van der Waals surface area contributed by atoms with Crippen LogP contribution in [0.2, 0.25) is 0 Å². The van der Waals surface area contributed by atoms with Gasteiger partial charge < -0.3 is 14.6 Å². The number of aromatic nitrogens is 2. The van der Waals surface area contributed by atoms with Crippen LogP contribution < -0.4 is 19.7 Å². The van der Waals surface area contributed by atoms with Crippen molar-refractivity contribution in [3.05, 3.63) is 36.2 Å². The second-order valence-electron chi connectivity index (χ2n) is 7.82. The Labute approximate surface area is 163 Å². The molecule has 1 aliphatic carbocycles. The van der Waals surface area contributed by atoms with Gasteiger partial charge in [-0.15, -0.1) is 0 Å². The molecule has 2 fully saturated rings. The predicted molar refractivity (Wildman–Crippen MR) is 102 cm³/mol. The Morgan fingerprint density at radius 3 is 2.75 bits per heavy atom. The number of aryl methyl sites for hydroxylation is 1. The van der Waals surface area contributed by atoms with E-state index in [0.29, 0.717) is 11.7 Å². The summed E-state index contributed by atoms with van der Waals surface area (Å²) in [5, 5.41) is 13.0. The standard InChI is InChI=1S/C20H24N4O4/c1-12-4-7-14(8-15(12)27-10-13-5-6-13)28-17-9-16(21-11-22-17)24-18(25)20(2,3)23-19(24)26/h4,7-9,11,13,19,23,26H,5-6,10H2,1-3H3/t19-/m0/s1. The van der Waals surface area contributed by atoms with E-state index in [1.165, 1.54) is 30.1 Å². The van der Waals surface area contributed by atoms with Crippen molar-refractivity contribution in [1.82, 2.24) is 15.3 Å². The number of aliphatic hydroxyl groups is 1. The first kappa shape index (κ1) is 18.6. The molecule has 4 rings (SSSR count). The molecule has 1 aromatic carbocycles. The third-order valence-electron chi connectivity index (χ3n) is 4.92. The van der Waals surface area contributed by atoms with Crippen molar-refractivity contribution < 1.29 is 19.4 Å². The lowest BCUT2D eigenvalue weighted by Crippen LogP contribution is -2.41. The molecular weight excluding hydrogens is 360 g/mol. The number of aliphatic hydroxyl groups excluding tert-OH is 1. The maximum Gasteiger partial charge on any atom is 0.251 e. The quantitative estimate of drug-likeness (QED) is 0.789. The zero-order chi connectivity index (χ0) is 19.9. The van der Waals surface area contributed by atoms with Crippen LogP contribution in [0.4, 0.5) is 5.82 Å². The molecule has 1 atom stereocenters.